The number of rotatable bonds is 7. The molecule has 5 nitrogen and oxygen atoms in total. The van der Waals surface area contributed by atoms with Crippen molar-refractivity contribution in [3.05, 3.63) is 35.9 Å². The predicted molar refractivity (Wildman–Crippen MR) is 83.1 cm³/mol. The Morgan fingerprint density at radius 1 is 1.19 bits per heavy atom. The predicted octanol–water partition coefficient (Wildman–Crippen LogP) is 3.30. The molecule has 21 heavy (non-hydrogen) atoms. The van der Waals surface area contributed by atoms with Gasteiger partial charge >= 0.3 is 0 Å². The number of aliphatic hydroxyl groups is 1. The van der Waals surface area contributed by atoms with Crippen molar-refractivity contribution in [2.45, 2.75) is 65.1 Å². The van der Waals surface area contributed by atoms with Gasteiger partial charge in [-0.05, 0) is 32.8 Å². The number of aliphatic hydroxyl groups excluding tert-OH is 1. The first kappa shape index (κ1) is 15.8. The van der Waals surface area contributed by atoms with E-state index in [0.717, 1.165) is 24.1 Å². The Kier molecular flexibility index (Phi) is 5.17. The summed E-state index contributed by atoms with van der Waals surface area (Å²) in [6, 6.07) is 2.74. The van der Waals surface area contributed by atoms with Crippen LogP contribution in [-0.4, -0.2) is 24.7 Å². The first-order valence-electron chi connectivity index (χ1n) is 7.81. The van der Waals surface area contributed by atoms with E-state index in [2.05, 4.69) is 37.9 Å². The molecule has 1 N–H and O–H groups in total. The number of aromatic nitrogens is 4. The summed E-state index contributed by atoms with van der Waals surface area (Å²) in [5.41, 5.74) is 1.77. The van der Waals surface area contributed by atoms with Crippen molar-refractivity contribution in [3.8, 4) is 0 Å². The third kappa shape index (κ3) is 3.73. The number of hydrogen-bond donors (Lipinski definition) is 1. The van der Waals surface area contributed by atoms with Gasteiger partial charge in [-0.1, -0.05) is 13.8 Å². The van der Waals surface area contributed by atoms with Crippen molar-refractivity contribution in [2.24, 2.45) is 0 Å². The van der Waals surface area contributed by atoms with E-state index >= 15 is 0 Å². The molecule has 0 aliphatic carbocycles. The van der Waals surface area contributed by atoms with Crippen LogP contribution in [-0.2, 0) is 6.42 Å². The van der Waals surface area contributed by atoms with Gasteiger partial charge in [0, 0.05) is 30.4 Å². The fourth-order valence-electron chi connectivity index (χ4n) is 2.48. The summed E-state index contributed by atoms with van der Waals surface area (Å²) in [6.07, 6.45) is 7.77. The highest BCUT2D eigenvalue weighted by atomic mass is 16.3. The number of hydrogen-bond acceptors (Lipinski definition) is 3. The quantitative estimate of drug-likeness (QED) is 0.851. The zero-order valence-corrected chi connectivity index (χ0v) is 13.4. The highest BCUT2D eigenvalue weighted by Gasteiger charge is 2.15. The summed E-state index contributed by atoms with van der Waals surface area (Å²) < 4.78 is 3.88. The Morgan fingerprint density at radius 3 is 2.48 bits per heavy atom. The van der Waals surface area contributed by atoms with Gasteiger partial charge in [-0.15, -0.1) is 0 Å². The van der Waals surface area contributed by atoms with E-state index in [1.807, 2.05) is 27.8 Å². The molecule has 0 aliphatic rings. The number of nitrogens with zero attached hydrogens (tertiary/aromatic N) is 4. The second kappa shape index (κ2) is 6.89. The van der Waals surface area contributed by atoms with Gasteiger partial charge in [-0.25, -0.2) is 0 Å². The van der Waals surface area contributed by atoms with Gasteiger partial charge in [0.15, 0.2) is 0 Å². The first-order chi connectivity index (χ1) is 10.0. The van der Waals surface area contributed by atoms with Gasteiger partial charge in [-0.2, -0.15) is 10.2 Å². The molecule has 0 fully saturated rings. The lowest BCUT2D eigenvalue weighted by Gasteiger charge is -2.12. The van der Waals surface area contributed by atoms with Crippen LogP contribution in [0.4, 0.5) is 0 Å². The van der Waals surface area contributed by atoms with Gasteiger partial charge in [0.25, 0.3) is 0 Å². The van der Waals surface area contributed by atoms with Crippen LogP contribution in [0.1, 0.15) is 70.0 Å². The van der Waals surface area contributed by atoms with Crippen molar-refractivity contribution < 1.29 is 5.11 Å². The highest BCUT2D eigenvalue weighted by Crippen LogP contribution is 2.20. The van der Waals surface area contributed by atoms with E-state index < -0.39 is 6.10 Å². The average Bonchev–Trinajstić information content (AvgIpc) is 3.09. The van der Waals surface area contributed by atoms with Crippen molar-refractivity contribution >= 4 is 0 Å². The second-order valence-electron chi connectivity index (χ2n) is 5.82. The topological polar surface area (TPSA) is 55.9 Å². The van der Waals surface area contributed by atoms with Crippen LogP contribution in [0.3, 0.4) is 0 Å². The SMILES string of the molecule is CCC(CC)n1ccc(CC(O)c2cnn(C(C)C)c2)n1. The Hall–Kier alpha value is -1.62. The van der Waals surface area contributed by atoms with Crippen LogP contribution in [0, 0.1) is 0 Å². The third-order valence-electron chi connectivity index (χ3n) is 3.92. The van der Waals surface area contributed by atoms with E-state index in [-0.39, 0.29) is 0 Å². The Morgan fingerprint density at radius 2 is 1.90 bits per heavy atom. The summed E-state index contributed by atoms with van der Waals surface area (Å²) in [5, 5.41) is 19.2. The molecule has 0 radical (unpaired) electrons. The minimum Gasteiger partial charge on any atom is -0.388 e. The molecule has 0 saturated carbocycles. The van der Waals surface area contributed by atoms with Crippen molar-refractivity contribution in [1.29, 1.82) is 0 Å². The molecule has 2 aromatic heterocycles. The zero-order valence-electron chi connectivity index (χ0n) is 13.4. The monoisotopic (exact) mass is 290 g/mol. The molecular formula is C16H26N4O. The lowest BCUT2D eigenvalue weighted by Crippen LogP contribution is -2.09. The van der Waals surface area contributed by atoms with E-state index in [9.17, 15) is 5.11 Å². The first-order valence-corrected chi connectivity index (χ1v) is 7.81. The summed E-state index contributed by atoms with van der Waals surface area (Å²) in [4.78, 5) is 0. The molecule has 2 rings (SSSR count). The lowest BCUT2D eigenvalue weighted by molar-refractivity contribution is 0.176. The van der Waals surface area contributed by atoms with Crippen LogP contribution in [0.2, 0.25) is 0 Å². The second-order valence-corrected chi connectivity index (χ2v) is 5.82. The standard InChI is InChI=1S/C16H26N4O/c1-5-15(6-2)19-8-7-14(18-19)9-16(21)13-10-17-20(11-13)12(3)4/h7-8,10-12,15-16,21H,5-6,9H2,1-4H3. The van der Waals surface area contributed by atoms with E-state index in [4.69, 9.17) is 0 Å². The summed E-state index contributed by atoms with van der Waals surface area (Å²) >= 11 is 0. The fourth-order valence-corrected chi connectivity index (χ4v) is 2.48. The maximum Gasteiger partial charge on any atom is 0.0876 e. The maximum absolute atomic E-state index is 10.3. The smallest absolute Gasteiger partial charge is 0.0876 e. The molecule has 0 aliphatic heterocycles. The maximum atomic E-state index is 10.3. The Bertz CT molecular complexity index is 554. The van der Waals surface area contributed by atoms with Crippen LogP contribution in [0.15, 0.2) is 24.7 Å². The van der Waals surface area contributed by atoms with Gasteiger partial charge < -0.3 is 5.11 Å². The molecule has 0 saturated heterocycles. The molecule has 5 heteroatoms. The van der Waals surface area contributed by atoms with Crippen LogP contribution in [0.5, 0.6) is 0 Å². The summed E-state index contributed by atoms with van der Waals surface area (Å²) in [6.45, 7) is 8.48. The van der Waals surface area contributed by atoms with Gasteiger partial charge in [0.05, 0.1) is 24.0 Å². The highest BCUT2D eigenvalue weighted by molar-refractivity contribution is 5.12. The van der Waals surface area contributed by atoms with Gasteiger partial charge in [0.2, 0.25) is 0 Å². The Balaban J connectivity index is 2.03. The van der Waals surface area contributed by atoms with Crippen LogP contribution >= 0.6 is 0 Å². The van der Waals surface area contributed by atoms with Crippen LogP contribution in [0.25, 0.3) is 0 Å². The minimum absolute atomic E-state index is 0.306. The Labute approximate surface area is 126 Å². The molecule has 0 amide bonds. The minimum atomic E-state index is -0.553. The molecule has 0 aromatic carbocycles. The largest absolute Gasteiger partial charge is 0.388 e. The van der Waals surface area contributed by atoms with E-state index in [1.54, 1.807) is 6.20 Å². The van der Waals surface area contributed by atoms with Crippen molar-refractivity contribution in [3.63, 3.8) is 0 Å². The molecule has 116 valence electrons. The van der Waals surface area contributed by atoms with Crippen molar-refractivity contribution in [2.75, 3.05) is 0 Å². The van der Waals surface area contributed by atoms with Crippen LogP contribution < -0.4 is 0 Å². The average molecular weight is 290 g/mol. The molecule has 2 aromatic rings. The van der Waals surface area contributed by atoms with Gasteiger partial charge in [0.1, 0.15) is 0 Å². The van der Waals surface area contributed by atoms with Gasteiger partial charge in [-0.3, -0.25) is 9.36 Å². The van der Waals surface area contributed by atoms with E-state index in [1.165, 1.54) is 0 Å². The molecular weight excluding hydrogens is 264 g/mol. The molecule has 0 spiro atoms. The fraction of sp³-hybridized carbons (Fsp3) is 0.625. The molecule has 1 atom stereocenters. The summed E-state index contributed by atoms with van der Waals surface area (Å²) in [7, 11) is 0. The van der Waals surface area contributed by atoms with Crippen molar-refractivity contribution in [1.82, 2.24) is 19.6 Å². The summed E-state index contributed by atoms with van der Waals surface area (Å²) in [5.74, 6) is 0. The molecule has 2 heterocycles. The normalized spacial score (nSPS) is 13.3. The lowest BCUT2D eigenvalue weighted by atomic mass is 10.1. The van der Waals surface area contributed by atoms with E-state index in [0.29, 0.717) is 18.5 Å². The zero-order chi connectivity index (χ0) is 15.4. The molecule has 1 unspecified atom stereocenters. The molecule has 0 bridgehead atoms. The third-order valence-corrected chi connectivity index (χ3v) is 3.92.